The van der Waals surface area contributed by atoms with Crippen molar-refractivity contribution in [3.63, 3.8) is 0 Å². The van der Waals surface area contributed by atoms with Gasteiger partial charge < -0.3 is 9.29 Å². The van der Waals surface area contributed by atoms with Gasteiger partial charge in [-0.1, -0.05) is 6.07 Å². The number of ether oxygens (including phenoxy) is 1. The molecule has 3 nitrogen and oxygen atoms in total. The minimum atomic E-state index is -1.07. The fourth-order valence-electron chi connectivity index (χ4n) is 1.60. The molecule has 0 aliphatic carbocycles. The first-order valence-electron chi connectivity index (χ1n) is 5.15. The molecule has 2 aromatic rings. The van der Waals surface area contributed by atoms with Crippen LogP contribution in [0.1, 0.15) is 0 Å². The van der Waals surface area contributed by atoms with Crippen molar-refractivity contribution >= 4 is 11.2 Å². The van der Waals surface area contributed by atoms with Gasteiger partial charge in [-0.05, 0) is 35.4 Å². The average Bonchev–Trinajstić information content (AvgIpc) is 2.39. The zero-order valence-corrected chi connectivity index (χ0v) is 10.5. The highest BCUT2D eigenvalue weighted by Crippen LogP contribution is 2.29. The van der Waals surface area contributed by atoms with Gasteiger partial charge in [0.25, 0.3) is 0 Å². The molecule has 0 fully saturated rings. The smallest absolute Gasteiger partial charge is 0.165 e. The maximum absolute atomic E-state index is 11.7. The van der Waals surface area contributed by atoms with Gasteiger partial charge in [0.1, 0.15) is 12.0 Å². The van der Waals surface area contributed by atoms with E-state index in [2.05, 4.69) is 4.98 Å². The number of hydrogen-bond donors (Lipinski definition) is 0. The maximum atomic E-state index is 11.7. The van der Waals surface area contributed by atoms with Crippen LogP contribution < -0.4 is 4.74 Å². The van der Waals surface area contributed by atoms with E-state index in [1.165, 1.54) is 0 Å². The molecule has 2 rings (SSSR count). The quantitative estimate of drug-likeness (QED) is 0.783. The summed E-state index contributed by atoms with van der Waals surface area (Å²) in [5.41, 5.74) is 1.70. The first-order chi connectivity index (χ1) is 8.22. The summed E-state index contributed by atoms with van der Waals surface area (Å²) in [6.07, 6.45) is 3.38. The van der Waals surface area contributed by atoms with E-state index in [1.54, 1.807) is 25.6 Å². The summed E-state index contributed by atoms with van der Waals surface area (Å²) >= 11 is -1.07. The van der Waals surface area contributed by atoms with E-state index in [0.29, 0.717) is 5.75 Å². The van der Waals surface area contributed by atoms with Crippen molar-refractivity contribution in [1.29, 1.82) is 0 Å². The lowest BCUT2D eigenvalue weighted by Gasteiger charge is -2.11. The van der Waals surface area contributed by atoms with Crippen LogP contribution in [-0.4, -0.2) is 22.9 Å². The molecule has 1 aromatic heterocycles. The molecule has 1 aromatic carbocycles. The third-order valence-corrected chi connectivity index (χ3v) is 3.40. The van der Waals surface area contributed by atoms with Crippen LogP contribution in [0, 0.1) is 0 Å². The van der Waals surface area contributed by atoms with Gasteiger partial charge >= 0.3 is 0 Å². The summed E-state index contributed by atoms with van der Waals surface area (Å²) < 4.78 is 16.9. The fourth-order valence-corrected chi connectivity index (χ4v) is 2.37. The molecule has 1 unspecified atom stereocenters. The highest BCUT2D eigenvalue weighted by atomic mass is 32.2. The largest absolute Gasteiger partial charge is 0.612 e. The van der Waals surface area contributed by atoms with Crippen molar-refractivity contribution in [3.05, 3.63) is 42.6 Å². The van der Waals surface area contributed by atoms with Gasteiger partial charge in [0.2, 0.25) is 0 Å². The van der Waals surface area contributed by atoms with E-state index in [-0.39, 0.29) is 0 Å². The molecule has 88 valence electrons. The number of nitrogens with zero attached hydrogens (tertiary/aromatic N) is 1. The number of benzene rings is 1. The average molecular weight is 247 g/mol. The second-order valence-electron chi connectivity index (χ2n) is 3.53. The fraction of sp³-hybridized carbons (Fsp3) is 0.154. The van der Waals surface area contributed by atoms with Gasteiger partial charge in [0, 0.05) is 12.3 Å². The Morgan fingerprint density at radius 2 is 2.06 bits per heavy atom. The van der Waals surface area contributed by atoms with Gasteiger partial charge in [-0.15, -0.1) is 0 Å². The normalized spacial score (nSPS) is 12.2. The summed E-state index contributed by atoms with van der Waals surface area (Å²) in [5, 5.41) is 0. The first kappa shape index (κ1) is 12.0. The van der Waals surface area contributed by atoms with Gasteiger partial charge in [0.05, 0.1) is 18.4 Å². The molecule has 0 aliphatic rings. The minimum Gasteiger partial charge on any atom is -0.612 e. The predicted octanol–water partition coefficient (Wildman–Crippen LogP) is 2.49. The summed E-state index contributed by atoms with van der Waals surface area (Å²) in [4.78, 5) is 5.01. The zero-order valence-electron chi connectivity index (χ0n) is 9.71. The summed E-state index contributed by atoms with van der Waals surface area (Å²) in [6.45, 7) is 0. The topological polar surface area (TPSA) is 45.2 Å². The van der Waals surface area contributed by atoms with Crippen molar-refractivity contribution in [2.75, 3.05) is 13.4 Å². The Balaban J connectivity index is 2.54. The molecule has 0 bridgehead atoms. The van der Waals surface area contributed by atoms with E-state index in [1.807, 2.05) is 30.3 Å². The molecule has 17 heavy (non-hydrogen) atoms. The predicted molar refractivity (Wildman–Crippen MR) is 68.6 cm³/mol. The number of hydrogen-bond acceptors (Lipinski definition) is 3. The molecule has 0 radical (unpaired) electrons. The van der Waals surface area contributed by atoms with E-state index in [4.69, 9.17) is 4.74 Å². The van der Waals surface area contributed by atoms with Gasteiger partial charge in [-0.25, -0.2) is 0 Å². The lowest BCUT2D eigenvalue weighted by molar-refractivity contribution is 0.413. The Hall–Kier alpha value is -1.52. The molecular formula is C13H13NO2S. The Labute approximate surface area is 104 Å². The van der Waals surface area contributed by atoms with E-state index in [9.17, 15) is 4.55 Å². The second-order valence-corrected chi connectivity index (χ2v) is 4.88. The molecule has 1 atom stereocenters. The number of rotatable bonds is 3. The molecule has 0 amide bonds. The first-order valence-corrected chi connectivity index (χ1v) is 6.71. The van der Waals surface area contributed by atoms with Crippen LogP contribution in [0.3, 0.4) is 0 Å². The molecule has 0 N–H and O–H groups in total. The molecule has 0 aliphatic heterocycles. The van der Waals surface area contributed by atoms with Crippen LogP contribution in [0.15, 0.2) is 47.5 Å². The van der Waals surface area contributed by atoms with Crippen LogP contribution in [0.25, 0.3) is 11.3 Å². The van der Waals surface area contributed by atoms with Crippen LogP contribution >= 0.6 is 0 Å². The van der Waals surface area contributed by atoms with Crippen LogP contribution in [0.4, 0.5) is 0 Å². The number of methoxy groups -OCH3 is 1. The zero-order chi connectivity index (χ0) is 12.3. The number of pyridine rings is 1. The van der Waals surface area contributed by atoms with Crippen LogP contribution in [-0.2, 0) is 11.2 Å². The van der Waals surface area contributed by atoms with E-state index < -0.39 is 11.2 Å². The monoisotopic (exact) mass is 247 g/mol. The summed E-state index contributed by atoms with van der Waals surface area (Å²) in [7, 11) is 1.60. The number of aromatic nitrogens is 1. The van der Waals surface area contributed by atoms with Crippen molar-refractivity contribution in [2.45, 2.75) is 4.90 Å². The second kappa shape index (κ2) is 5.21. The molecule has 0 saturated heterocycles. The molecule has 0 saturated carbocycles. The lowest BCUT2D eigenvalue weighted by atomic mass is 10.1. The standard InChI is InChI=1S/C13H13NO2S/c1-16-10-6-7-11(13(9-10)17(2)15)12-5-3-4-8-14-12/h3-9H,1-2H3. The Morgan fingerprint density at radius 1 is 1.24 bits per heavy atom. The SMILES string of the molecule is COc1ccc(-c2ccccn2)c([S+](C)[O-])c1. The third kappa shape index (κ3) is 2.60. The van der Waals surface area contributed by atoms with Crippen molar-refractivity contribution in [1.82, 2.24) is 4.98 Å². The Kier molecular flexibility index (Phi) is 3.66. The Morgan fingerprint density at radius 3 is 2.65 bits per heavy atom. The van der Waals surface area contributed by atoms with Gasteiger partial charge in [-0.2, -0.15) is 0 Å². The highest BCUT2D eigenvalue weighted by Gasteiger charge is 2.15. The summed E-state index contributed by atoms with van der Waals surface area (Å²) in [5.74, 6) is 0.704. The summed E-state index contributed by atoms with van der Waals surface area (Å²) in [6, 6.07) is 11.2. The van der Waals surface area contributed by atoms with E-state index in [0.717, 1.165) is 16.2 Å². The molecule has 0 spiro atoms. The minimum absolute atomic E-state index is 0.704. The molecule has 1 heterocycles. The molecule has 4 heteroatoms. The highest BCUT2D eigenvalue weighted by molar-refractivity contribution is 7.90. The molecular weight excluding hydrogens is 234 g/mol. The van der Waals surface area contributed by atoms with Crippen molar-refractivity contribution in [3.8, 4) is 17.0 Å². The third-order valence-electron chi connectivity index (χ3n) is 2.44. The van der Waals surface area contributed by atoms with E-state index >= 15 is 0 Å². The van der Waals surface area contributed by atoms with Gasteiger partial charge in [-0.3, -0.25) is 4.98 Å². The van der Waals surface area contributed by atoms with Crippen molar-refractivity contribution < 1.29 is 9.29 Å². The van der Waals surface area contributed by atoms with Crippen LogP contribution in [0.5, 0.6) is 5.75 Å². The lowest BCUT2D eigenvalue weighted by Crippen LogP contribution is -2.01. The maximum Gasteiger partial charge on any atom is 0.165 e. The van der Waals surface area contributed by atoms with Gasteiger partial charge in [0.15, 0.2) is 4.90 Å². The van der Waals surface area contributed by atoms with Crippen LogP contribution in [0.2, 0.25) is 0 Å². The Bertz CT molecular complexity index is 500. The van der Waals surface area contributed by atoms with Crippen molar-refractivity contribution in [2.24, 2.45) is 0 Å².